The van der Waals surface area contributed by atoms with Gasteiger partial charge in [0.2, 0.25) is 10.0 Å². The van der Waals surface area contributed by atoms with Crippen LogP contribution in [0.5, 0.6) is 0 Å². The van der Waals surface area contributed by atoms with Crippen molar-refractivity contribution in [3.8, 4) is 0 Å². The minimum atomic E-state index is -3.36. The number of carboxylic acid groups (broad SMARTS) is 1. The Morgan fingerprint density at radius 2 is 1.76 bits per heavy atom. The number of benzene rings is 1. The Kier molecular flexibility index (Phi) is 5.31. The van der Waals surface area contributed by atoms with E-state index in [9.17, 15) is 13.2 Å². The smallest absolute Gasteiger partial charge is 0.328 e. The van der Waals surface area contributed by atoms with Gasteiger partial charge in [0.05, 0.1) is 4.75 Å². The van der Waals surface area contributed by atoms with Crippen molar-refractivity contribution >= 4 is 22.1 Å². The van der Waals surface area contributed by atoms with E-state index < -0.39 is 20.7 Å². The fourth-order valence-electron chi connectivity index (χ4n) is 1.71. The Morgan fingerprint density at radius 3 is 2.19 bits per heavy atom. The van der Waals surface area contributed by atoms with Crippen molar-refractivity contribution in [3.63, 3.8) is 0 Å². The minimum Gasteiger partial charge on any atom is -0.478 e. The number of hydrogen-bond donors (Lipinski definition) is 1. The molecule has 6 heteroatoms. The van der Waals surface area contributed by atoms with Gasteiger partial charge in [-0.15, -0.1) is 0 Å². The summed E-state index contributed by atoms with van der Waals surface area (Å²) in [7, 11) is -1.81. The number of sulfonamides is 1. The highest BCUT2D eigenvalue weighted by molar-refractivity contribution is 7.90. The zero-order chi connectivity index (χ0) is 16.3. The second kappa shape index (κ2) is 6.41. The van der Waals surface area contributed by atoms with Crippen LogP contribution >= 0.6 is 0 Å². The summed E-state index contributed by atoms with van der Waals surface area (Å²) >= 11 is 0. The van der Waals surface area contributed by atoms with Crippen molar-refractivity contribution in [2.45, 2.75) is 32.1 Å². The molecule has 21 heavy (non-hydrogen) atoms. The molecule has 0 aliphatic rings. The topological polar surface area (TPSA) is 74.7 Å². The first-order valence-electron chi connectivity index (χ1n) is 6.50. The molecule has 0 amide bonds. The van der Waals surface area contributed by atoms with E-state index in [1.54, 1.807) is 52.1 Å². The maximum atomic E-state index is 12.3. The van der Waals surface area contributed by atoms with Gasteiger partial charge in [0.15, 0.2) is 0 Å². The van der Waals surface area contributed by atoms with Gasteiger partial charge in [-0.05, 0) is 38.0 Å². The van der Waals surface area contributed by atoms with Gasteiger partial charge in [-0.25, -0.2) is 17.5 Å². The molecule has 0 unspecified atom stereocenters. The highest BCUT2D eigenvalue weighted by Crippen LogP contribution is 2.20. The van der Waals surface area contributed by atoms with Gasteiger partial charge in [0, 0.05) is 19.7 Å². The molecule has 0 saturated carbocycles. The highest BCUT2D eigenvalue weighted by Gasteiger charge is 2.32. The van der Waals surface area contributed by atoms with E-state index in [-0.39, 0.29) is 6.54 Å². The van der Waals surface area contributed by atoms with E-state index in [1.165, 1.54) is 10.4 Å². The summed E-state index contributed by atoms with van der Waals surface area (Å²) in [5.41, 5.74) is 1.60. The first-order chi connectivity index (χ1) is 9.54. The number of nitrogens with zero attached hydrogens (tertiary/aromatic N) is 1. The largest absolute Gasteiger partial charge is 0.478 e. The zero-order valence-electron chi connectivity index (χ0n) is 12.7. The van der Waals surface area contributed by atoms with Crippen LogP contribution in [0.1, 0.15) is 31.9 Å². The molecule has 5 nitrogen and oxygen atoms in total. The summed E-state index contributed by atoms with van der Waals surface area (Å²) < 4.78 is 25.0. The van der Waals surface area contributed by atoms with Crippen LogP contribution in [0, 0.1) is 0 Å². The average Bonchev–Trinajstić information content (AvgIpc) is 2.36. The van der Waals surface area contributed by atoms with Crippen LogP contribution in [-0.4, -0.2) is 35.6 Å². The van der Waals surface area contributed by atoms with Crippen LogP contribution in [0.2, 0.25) is 0 Å². The molecule has 0 fully saturated rings. The molecular formula is C15H21NO4S. The van der Waals surface area contributed by atoms with Gasteiger partial charge < -0.3 is 5.11 Å². The molecule has 1 aromatic carbocycles. The lowest BCUT2D eigenvalue weighted by molar-refractivity contribution is -0.131. The Balaban J connectivity index is 2.83. The molecule has 116 valence electrons. The summed E-state index contributed by atoms with van der Waals surface area (Å²) in [6.07, 6.45) is 2.55. The van der Waals surface area contributed by atoms with Gasteiger partial charge in [0.25, 0.3) is 0 Å². The third-order valence-corrected chi connectivity index (χ3v) is 5.48. The lowest BCUT2D eigenvalue weighted by Crippen LogP contribution is -2.40. The van der Waals surface area contributed by atoms with Gasteiger partial charge >= 0.3 is 5.97 Å². The molecular weight excluding hydrogens is 290 g/mol. The molecule has 0 heterocycles. The van der Waals surface area contributed by atoms with E-state index in [2.05, 4.69) is 0 Å². The van der Waals surface area contributed by atoms with Gasteiger partial charge in [-0.3, -0.25) is 0 Å². The maximum absolute atomic E-state index is 12.3. The van der Waals surface area contributed by atoms with E-state index in [4.69, 9.17) is 5.11 Å². The monoisotopic (exact) mass is 311 g/mol. The van der Waals surface area contributed by atoms with Crippen LogP contribution in [0.15, 0.2) is 30.3 Å². The summed E-state index contributed by atoms with van der Waals surface area (Å²) in [5, 5.41) is 8.55. The molecule has 0 aromatic heterocycles. The molecule has 0 aliphatic carbocycles. The summed E-state index contributed by atoms with van der Waals surface area (Å²) in [4.78, 5) is 10.4. The van der Waals surface area contributed by atoms with Crippen molar-refractivity contribution in [2.24, 2.45) is 0 Å². The van der Waals surface area contributed by atoms with Crippen LogP contribution < -0.4 is 0 Å². The average molecular weight is 311 g/mol. The van der Waals surface area contributed by atoms with Gasteiger partial charge in [0.1, 0.15) is 0 Å². The second-order valence-electron chi connectivity index (χ2n) is 5.79. The molecule has 1 rings (SSSR count). The fraction of sp³-hybridized carbons (Fsp3) is 0.400. The number of carboxylic acids is 1. The first kappa shape index (κ1) is 17.4. The Morgan fingerprint density at radius 1 is 1.24 bits per heavy atom. The number of aliphatic carboxylic acids is 1. The minimum absolute atomic E-state index is 0.280. The molecule has 0 bridgehead atoms. The third-order valence-electron chi connectivity index (χ3n) is 2.99. The first-order valence-corrected chi connectivity index (χ1v) is 7.94. The molecule has 1 aromatic rings. The predicted octanol–water partition coefficient (Wildman–Crippen LogP) is 2.34. The third kappa shape index (κ3) is 4.68. The number of rotatable bonds is 5. The molecule has 0 spiro atoms. The SMILES string of the molecule is CN(Cc1ccc(C=CC(=O)O)cc1)S(=O)(=O)C(C)(C)C. The van der Waals surface area contributed by atoms with E-state index >= 15 is 0 Å². The van der Waals surface area contributed by atoms with Gasteiger partial charge in [-0.2, -0.15) is 0 Å². The number of hydrogen-bond acceptors (Lipinski definition) is 3. The standard InChI is InChI=1S/C15H21NO4S/c1-15(2,3)21(19,20)16(4)11-13-7-5-12(6-8-13)9-10-14(17)18/h5-10H,11H2,1-4H3,(H,17,18). The molecule has 0 radical (unpaired) electrons. The second-order valence-corrected chi connectivity index (χ2v) is 8.58. The lowest BCUT2D eigenvalue weighted by atomic mass is 10.1. The van der Waals surface area contributed by atoms with E-state index in [0.717, 1.165) is 17.2 Å². The predicted molar refractivity (Wildman–Crippen MR) is 83.3 cm³/mol. The van der Waals surface area contributed by atoms with Crippen LogP contribution in [0.4, 0.5) is 0 Å². The van der Waals surface area contributed by atoms with E-state index in [0.29, 0.717) is 0 Å². The molecule has 0 saturated heterocycles. The van der Waals surface area contributed by atoms with Crippen LogP contribution in [0.25, 0.3) is 6.08 Å². The highest BCUT2D eigenvalue weighted by atomic mass is 32.2. The quantitative estimate of drug-likeness (QED) is 0.847. The Labute approximate surface area is 126 Å². The maximum Gasteiger partial charge on any atom is 0.328 e. The van der Waals surface area contributed by atoms with Crippen LogP contribution in [-0.2, 0) is 21.4 Å². The summed E-state index contributed by atoms with van der Waals surface area (Å²) in [6, 6.07) is 7.09. The fourth-order valence-corrected chi connectivity index (χ4v) is 2.97. The molecule has 0 aliphatic heterocycles. The lowest BCUT2D eigenvalue weighted by Gasteiger charge is -2.26. The van der Waals surface area contributed by atoms with Crippen molar-refractivity contribution < 1.29 is 18.3 Å². The van der Waals surface area contributed by atoms with Gasteiger partial charge in [-0.1, -0.05) is 24.3 Å². The summed E-state index contributed by atoms with van der Waals surface area (Å²) in [5.74, 6) is -1.00. The van der Waals surface area contributed by atoms with Crippen molar-refractivity contribution in [2.75, 3.05) is 7.05 Å². The normalized spacial score (nSPS) is 13.0. The zero-order valence-corrected chi connectivity index (χ0v) is 13.5. The Bertz CT molecular complexity index is 625. The Hall–Kier alpha value is -1.66. The van der Waals surface area contributed by atoms with Crippen LogP contribution in [0.3, 0.4) is 0 Å². The van der Waals surface area contributed by atoms with E-state index in [1.807, 2.05) is 0 Å². The van der Waals surface area contributed by atoms with Crippen molar-refractivity contribution in [1.82, 2.24) is 4.31 Å². The summed E-state index contributed by atoms with van der Waals surface area (Å²) in [6.45, 7) is 5.28. The molecule has 0 atom stereocenters. The van der Waals surface area contributed by atoms with Crippen molar-refractivity contribution in [3.05, 3.63) is 41.5 Å². The molecule has 1 N–H and O–H groups in total. The van der Waals surface area contributed by atoms with Crippen molar-refractivity contribution in [1.29, 1.82) is 0 Å². The number of carbonyl (C=O) groups is 1.